The molecule has 114 valence electrons. The zero-order chi connectivity index (χ0) is 15.1. The number of fused-ring (bicyclic) bond motifs is 1. The Morgan fingerprint density at radius 3 is 2.60 bits per heavy atom. The maximum atomic E-state index is 11.2. The van der Waals surface area contributed by atoms with Gasteiger partial charge in [0, 0.05) is 5.92 Å². The topological polar surface area (TPSA) is 74.6 Å². The van der Waals surface area contributed by atoms with Gasteiger partial charge in [-0.3, -0.25) is 4.55 Å². The van der Waals surface area contributed by atoms with Crippen molar-refractivity contribution in [2.24, 2.45) is 17.8 Å². The maximum Gasteiger partial charge on any atom is 0.287 e. The molecule has 0 saturated heterocycles. The fourth-order valence-electron chi connectivity index (χ4n) is 3.55. The molecule has 20 heavy (non-hydrogen) atoms. The summed E-state index contributed by atoms with van der Waals surface area (Å²) in [5.74, 6) is 0.343. The molecule has 0 heterocycles. The minimum absolute atomic E-state index is 0.0168. The van der Waals surface area contributed by atoms with Gasteiger partial charge in [-0.05, 0) is 44.4 Å². The van der Waals surface area contributed by atoms with Crippen molar-refractivity contribution in [3.63, 3.8) is 0 Å². The van der Waals surface area contributed by atoms with Crippen LogP contribution in [0.4, 0.5) is 0 Å². The molecule has 2 rings (SSSR count). The van der Waals surface area contributed by atoms with Gasteiger partial charge in [-0.25, -0.2) is 0 Å². The molecule has 0 aromatic carbocycles. The van der Waals surface area contributed by atoms with Gasteiger partial charge in [-0.15, -0.1) is 0 Å². The average Bonchev–Trinajstić information content (AvgIpc) is 2.46. The van der Waals surface area contributed by atoms with Crippen molar-refractivity contribution in [1.82, 2.24) is 0 Å². The molecule has 0 aromatic rings. The highest BCUT2D eigenvalue weighted by Gasteiger charge is 2.45. The minimum Gasteiger partial charge on any atom is -0.390 e. The van der Waals surface area contributed by atoms with Crippen LogP contribution in [0, 0.1) is 17.8 Å². The predicted molar refractivity (Wildman–Crippen MR) is 78.6 cm³/mol. The molecule has 1 saturated carbocycles. The third-order valence-corrected chi connectivity index (χ3v) is 5.33. The summed E-state index contributed by atoms with van der Waals surface area (Å²) in [6.45, 7) is 6.05. The van der Waals surface area contributed by atoms with E-state index in [0.29, 0.717) is 18.8 Å². The van der Waals surface area contributed by atoms with Crippen LogP contribution in [-0.4, -0.2) is 23.7 Å². The van der Waals surface area contributed by atoms with E-state index in [2.05, 4.69) is 19.9 Å². The van der Waals surface area contributed by atoms with E-state index in [1.807, 2.05) is 6.92 Å². The maximum absolute atomic E-state index is 11.2. The monoisotopic (exact) mass is 300 g/mol. The second-order valence-electron chi connectivity index (χ2n) is 6.63. The summed E-state index contributed by atoms with van der Waals surface area (Å²) in [4.78, 5) is 0. The number of hydrogen-bond donors (Lipinski definition) is 2. The Kier molecular flexibility index (Phi) is 4.15. The Hall–Kier alpha value is -0.650. The van der Waals surface area contributed by atoms with Crippen LogP contribution in [0.2, 0.25) is 0 Å². The summed E-state index contributed by atoms with van der Waals surface area (Å²) < 4.78 is 31.5. The summed E-state index contributed by atoms with van der Waals surface area (Å²) >= 11 is 0. The fourth-order valence-corrected chi connectivity index (χ4v) is 4.22. The lowest BCUT2D eigenvalue weighted by atomic mass is 9.83. The molecule has 0 unspecified atom stereocenters. The zero-order valence-electron chi connectivity index (χ0n) is 12.3. The van der Waals surface area contributed by atoms with Crippen LogP contribution in [0.25, 0.3) is 0 Å². The van der Waals surface area contributed by atoms with E-state index in [1.54, 1.807) is 0 Å². The molecular formula is C15H24O4S. The Balaban J connectivity index is 2.44. The van der Waals surface area contributed by atoms with E-state index in [9.17, 15) is 13.5 Å². The number of hydrogen-bond acceptors (Lipinski definition) is 3. The first-order valence-electron chi connectivity index (χ1n) is 7.21. The first-order valence-corrected chi connectivity index (χ1v) is 8.71. The van der Waals surface area contributed by atoms with Crippen molar-refractivity contribution in [3.05, 3.63) is 22.6 Å². The van der Waals surface area contributed by atoms with Gasteiger partial charge >= 0.3 is 0 Å². The first-order chi connectivity index (χ1) is 9.10. The van der Waals surface area contributed by atoms with Crippen LogP contribution in [0.1, 0.15) is 46.5 Å². The van der Waals surface area contributed by atoms with E-state index in [-0.39, 0.29) is 11.8 Å². The molecule has 0 bridgehead atoms. The molecule has 3 atom stereocenters. The molecule has 0 spiro atoms. The molecule has 0 aromatic heterocycles. The smallest absolute Gasteiger partial charge is 0.287 e. The van der Waals surface area contributed by atoms with Gasteiger partial charge < -0.3 is 5.11 Å². The van der Waals surface area contributed by atoms with Gasteiger partial charge in [0.15, 0.2) is 0 Å². The lowest BCUT2D eigenvalue weighted by Gasteiger charge is -2.27. The molecule has 1 fully saturated rings. The van der Waals surface area contributed by atoms with Crippen LogP contribution >= 0.6 is 0 Å². The van der Waals surface area contributed by atoms with Gasteiger partial charge in [0.2, 0.25) is 0 Å². The molecule has 2 N–H and O–H groups in total. The van der Waals surface area contributed by atoms with Gasteiger partial charge in [-0.1, -0.05) is 31.1 Å². The van der Waals surface area contributed by atoms with Crippen LogP contribution in [0.5, 0.6) is 0 Å². The second kappa shape index (κ2) is 5.28. The summed E-state index contributed by atoms with van der Waals surface area (Å²) in [7, 11) is -4.12. The average molecular weight is 300 g/mol. The minimum atomic E-state index is -4.12. The number of rotatable bonds is 2. The highest BCUT2D eigenvalue weighted by Crippen LogP contribution is 2.48. The molecular weight excluding hydrogens is 276 g/mol. The number of aliphatic hydroxyl groups is 1. The van der Waals surface area contributed by atoms with Crippen LogP contribution in [0.3, 0.4) is 0 Å². The van der Waals surface area contributed by atoms with Gasteiger partial charge in [0.05, 0.1) is 11.0 Å². The normalized spacial score (nSPS) is 36.9. The fraction of sp³-hybridized carbons (Fsp3) is 0.733. The van der Waals surface area contributed by atoms with Crippen LogP contribution in [-0.2, 0) is 10.1 Å². The van der Waals surface area contributed by atoms with E-state index in [0.717, 1.165) is 23.8 Å². The first kappa shape index (κ1) is 15.7. The standard InChI is InChI=1S/C15H24O4S/c1-10(2)11-4-5-12(9-20(17,18)19)13-6-7-15(3,16)14(13)8-11/h8-10,13-14,16H,4-7H2,1-3H3,(H,17,18,19)/b12-9+/t13-,14-,15-/m1/s1. The Morgan fingerprint density at radius 1 is 1.40 bits per heavy atom. The Labute approximate surface area is 121 Å². The summed E-state index contributed by atoms with van der Waals surface area (Å²) in [5, 5.41) is 11.5. The third-order valence-electron chi connectivity index (χ3n) is 4.73. The Morgan fingerprint density at radius 2 is 2.05 bits per heavy atom. The van der Waals surface area contributed by atoms with Crippen molar-refractivity contribution in [3.8, 4) is 0 Å². The highest BCUT2D eigenvalue weighted by atomic mass is 32.2. The molecule has 5 heteroatoms. The molecule has 0 radical (unpaired) electrons. The largest absolute Gasteiger partial charge is 0.390 e. The Bertz CT molecular complexity index is 540. The van der Waals surface area contributed by atoms with Crippen molar-refractivity contribution >= 4 is 10.1 Å². The van der Waals surface area contributed by atoms with E-state index in [4.69, 9.17) is 4.55 Å². The van der Waals surface area contributed by atoms with Crippen molar-refractivity contribution in [2.45, 2.75) is 52.1 Å². The van der Waals surface area contributed by atoms with Gasteiger partial charge in [0.1, 0.15) is 0 Å². The van der Waals surface area contributed by atoms with E-state index >= 15 is 0 Å². The molecule has 4 nitrogen and oxygen atoms in total. The zero-order valence-corrected chi connectivity index (χ0v) is 13.2. The SMILES string of the molecule is CC(C)C1=C[C@@H]2[C@H](CC[C@@]2(C)O)/C(=C/S(=O)(=O)O)CC1. The summed E-state index contributed by atoms with van der Waals surface area (Å²) in [6, 6.07) is 0. The van der Waals surface area contributed by atoms with Crippen molar-refractivity contribution < 1.29 is 18.1 Å². The summed E-state index contributed by atoms with van der Waals surface area (Å²) in [6.07, 6.45) is 5.00. The second-order valence-corrected chi connectivity index (χ2v) is 7.90. The lowest BCUT2D eigenvalue weighted by molar-refractivity contribution is 0.0330. The molecule has 2 aliphatic carbocycles. The van der Waals surface area contributed by atoms with E-state index < -0.39 is 15.7 Å². The molecule has 2 aliphatic rings. The van der Waals surface area contributed by atoms with E-state index in [1.165, 1.54) is 5.57 Å². The quantitative estimate of drug-likeness (QED) is 0.607. The predicted octanol–water partition coefficient (Wildman–Crippen LogP) is 2.91. The summed E-state index contributed by atoms with van der Waals surface area (Å²) in [5.41, 5.74) is 1.22. The van der Waals surface area contributed by atoms with Gasteiger partial charge in [-0.2, -0.15) is 8.42 Å². The van der Waals surface area contributed by atoms with Crippen LogP contribution < -0.4 is 0 Å². The molecule has 0 aliphatic heterocycles. The molecule has 0 amide bonds. The van der Waals surface area contributed by atoms with Gasteiger partial charge in [0.25, 0.3) is 10.1 Å². The number of allylic oxidation sites excluding steroid dienone is 2. The lowest BCUT2D eigenvalue weighted by Crippen LogP contribution is -2.30. The van der Waals surface area contributed by atoms with Crippen molar-refractivity contribution in [1.29, 1.82) is 0 Å². The third kappa shape index (κ3) is 3.32. The van der Waals surface area contributed by atoms with Crippen LogP contribution in [0.15, 0.2) is 22.6 Å². The highest BCUT2D eigenvalue weighted by molar-refractivity contribution is 7.88. The van der Waals surface area contributed by atoms with Crippen molar-refractivity contribution in [2.75, 3.05) is 0 Å².